The summed E-state index contributed by atoms with van der Waals surface area (Å²) >= 11 is 0. The molecule has 5 rings (SSSR count). The fourth-order valence-electron chi connectivity index (χ4n) is 4.86. The number of hydrogen-bond acceptors (Lipinski definition) is 2. The summed E-state index contributed by atoms with van der Waals surface area (Å²) in [5.74, 6) is 0.201. The number of hydrogen-bond donors (Lipinski definition) is 1. The minimum absolute atomic E-state index is 0.0154. The molecule has 3 heterocycles. The lowest BCUT2D eigenvalue weighted by molar-refractivity contribution is -0.127. The maximum absolute atomic E-state index is 12.7. The first-order valence-electron chi connectivity index (χ1n) is 8.29. The van der Waals surface area contributed by atoms with Crippen LogP contribution < -0.4 is 4.90 Å². The first kappa shape index (κ1) is 13.7. The van der Waals surface area contributed by atoms with Crippen molar-refractivity contribution >= 4 is 22.5 Å². The molecule has 1 amide bonds. The van der Waals surface area contributed by atoms with E-state index in [9.17, 15) is 4.79 Å². The van der Waals surface area contributed by atoms with Gasteiger partial charge in [-0.1, -0.05) is 36.4 Å². The summed E-state index contributed by atoms with van der Waals surface area (Å²) in [5, 5.41) is 1.20. The van der Waals surface area contributed by atoms with Crippen molar-refractivity contribution in [2.75, 3.05) is 19.0 Å². The van der Waals surface area contributed by atoms with E-state index >= 15 is 0 Å². The van der Waals surface area contributed by atoms with Crippen LogP contribution >= 0.6 is 0 Å². The monoisotopic (exact) mass is 317 g/mol. The Bertz CT molecular complexity index is 976. The number of aromatic nitrogens is 1. The second-order valence-corrected chi connectivity index (χ2v) is 6.90. The van der Waals surface area contributed by atoms with Crippen LogP contribution in [0.15, 0.2) is 54.7 Å². The van der Waals surface area contributed by atoms with Gasteiger partial charge in [-0.25, -0.2) is 0 Å². The Morgan fingerprint density at radius 1 is 1.00 bits per heavy atom. The number of carbonyl (C=O) groups is 1. The summed E-state index contributed by atoms with van der Waals surface area (Å²) in [5.41, 5.74) is 4.48. The molecule has 1 N–H and O–H groups in total. The Kier molecular flexibility index (Phi) is 2.51. The SMILES string of the molecule is CN1C(=O)C[C@@]2(c3c[nH]c4ccccc34)c3ccccc3N(C)[C@@H]12. The third-order valence-corrected chi connectivity index (χ3v) is 5.83. The number of anilines is 1. The van der Waals surface area contributed by atoms with E-state index in [4.69, 9.17) is 0 Å². The number of para-hydroxylation sites is 2. The van der Waals surface area contributed by atoms with Gasteiger partial charge in [0, 0.05) is 43.3 Å². The van der Waals surface area contributed by atoms with Crippen LogP contribution in [0, 0.1) is 0 Å². The predicted octanol–water partition coefficient (Wildman–Crippen LogP) is 3.09. The van der Waals surface area contributed by atoms with Gasteiger partial charge in [0.05, 0.1) is 5.41 Å². The van der Waals surface area contributed by atoms with E-state index in [1.165, 1.54) is 22.2 Å². The molecule has 3 aromatic rings. The van der Waals surface area contributed by atoms with Crippen LogP contribution in [-0.4, -0.2) is 36.1 Å². The molecule has 4 nitrogen and oxygen atoms in total. The highest BCUT2D eigenvalue weighted by molar-refractivity contribution is 5.92. The number of carbonyl (C=O) groups excluding carboxylic acids is 1. The summed E-state index contributed by atoms with van der Waals surface area (Å²) in [4.78, 5) is 20.2. The average Bonchev–Trinajstić information content (AvgIpc) is 3.21. The Balaban J connectivity index is 1.87. The lowest BCUT2D eigenvalue weighted by Crippen LogP contribution is -2.47. The highest BCUT2D eigenvalue weighted by Crippen LogP contribution is 2.56. The van der Waals surface area contributed by atoms with Crippen LogP contribution in [0.2, 0.25) is 0 Å². The number of nitrogens with one attached hydrogen (secondary N) is 1. The zero-order valence-electron chi connectivity index (χ0n) is 13.8. The zero-order valence-corrected chi connectivity index (χ0v) is 13.8. The van der Waals surface area contributed by atoms with E-state index in [1.54, 1.807) is 0 Å². The number of nitrogens with zero attached hydrogens (tertiary/aromatic N) is 2. The largest absolute Gasteiger partial charge is 0.361 e. The van der Waals surface area contributed by atoms with E-state index in [0.29, 0.717) is 6.42 Å². The Morgan fingerprint density at radius 2 is 1.75 bits per heavy atom. The number of fused-ring (bicyclic) bond motifs is 4. The summed E-state index contributed by atoms with van der Waals surface area (Å²) in [6.07, 6.45) is 2.62. The third-order valence-electron chi connectivity index (χ3n) is 5.83. The van der Waals surface area contributed by atoms with Crippen molar-refractivity contribution in [1.29, 1.82) is 0 Å². The molecule has 4 heteroatoms. The Labute approximate surface area is 140 Å². The predicted molar refractivity (Wildman–Crippen MR) is 95.1 cm³/mol. The van der Waals surface area contributed by atoms with Crippen molar-refractivity contribution < 1.29 is 4.79 Å². The van der Waals surface area contributed by atoms with E-state index in [0.717, 1.165) is 5.52 Å². The molecular weight excluding hydrogens is 298 g/mol. The number of H-pyrrole nitrogens is 1. The quantitative estimate of drug-likeness (QED) is 0.749. The van der Waals surface area contributed by atoms with Crippen molar-refractivity contribution in [3.63, 3.8) is 0 Å². The van der Waals surface area contributed by atoms with Gasteiger partial charge in [0.2, 0.25) is 5.91 Å². The van der Waals surface area contributed by atoms with Crippen LogP contribution in [0.3, 0.4) is 0 Å². The van der Waals surface area contributed by atoms with Crippen molar-refractivity contribution in [2.45, 2.75) is 18.0 Å². The van der Waals surface area contributed by atoms with E-state index in [1.807, 2.05) is 18.0 Å². The minimum Gasteiger partial charge on any atom is -0.361 e. The first-order chi connectivity index (χ1) is 11.6. The fourth-order valence-corrected chi connectivity index (χ4v) is 4.86. The molecule has 1 fully saturated rings. The Morgan fingerprint density at radius 3 is 2.62 bits per heavy atom. The van der Waals surface area contributed by atoms with Gasteiger partial charge in [0.15, 0.2) is 0 Å². The maximum Gasteiger partial charge on any atom is 0.225 e. The molecule has 2 aliphatic rings. The normalized spacial score (nSPS) is 25.4. The van der Waals surface area contributed by atoms with Gasteiger partial charge in [0.25, 0.3) is 0 Å². The van der Waals surface area contributed by atoms with Crippen molar-refractivity contribution in [2.24, 2.45) is 0 Å². The van der Waals surface area contributed by atoms with Crippen LogP contribution in [0.1, 0.15) is 17.5 Å². The van der Waals surface area contributed by atoms with Crippen LogP contribution in [0.25, 0.3) is 10.9 Å². The summed E-state index contributed by atoms with van der Waals surface area (Å²) in [6.45, 7) is 0. The molecule has 1 saturated heterocycles. The van der Waals surface area contributed by atoms with E-state index in [2.05, 4.69) is 65.6 Å². The van der Waals surface area contributed by atoms with Gasteiger partial charge < -0.3 is 14.8 Å². The van der Waals surface area contributed by atoms with Crippen LogP contribution in [0.5, 0.6) is 0 Å². The number of benzene rings is 2. The highest BCUT2D eigenvalue weighted by atomic mass is 16.2. The smallest absolute Gasteiger partial charge is 0.225 e. The molecule has 2 aromatic carbocycles. The Hall–Kier alpha value is -2.75. The van der Waals surface area contributed by atoms with Gasteiger partial charge in [-0.05, 0) is 23.3 Å². The van der Waals surface area contributed by atoms with Crippen molar-refractivity contribution in [1.82, 2.24) is 9.88 Å². The molecule has 120 valence electrons. The standard InChI is InChI=1S/C20H19N3O/c1-22-17-10-6-4-8-14(17)20(11-18(24)23(2)19(20)22)15-12-21-16-9-5-3-7-13(15)16/h3-10,12,19,21H,11H2,1-2H3/t19-,20-/m0/s1. The third kappa shape index (κ3) is 1.42. The molecule has 0 spiro atoms. The van der Waals surface area contributed by atoms with Gasteiger partial charge in [0.1, 0.15) is 6.17 Å². The molecule has 0 saturated carbocycles. The summed E-state index contributed by atoms with van der Waals surface area (Å²) < 4.78 is 0. The molecule has 2 aliphatic heterocycles. The van der Waals surface area contributed by atoms with Gasteiger partial charge in [-0.3, -0.25) is 4.79 Å². The van der Waals surface area contributed by atoms with Gasteiger partial charge in [-0.2, -0.15) is 0 Å². The topological polar surface area (TPSA) is 39.3 Å². The molecule has 2 atom stereocenters. The molecular formula is C20H19N3O. The molecule has 0 radical (unpaired) electrons. The maximum atomic E-state index is 12.7. The summed E-state index contributed by atoms with van der Waals surface area (Å²) in [6, 6.07) is 16.8. The first-order valence-corrected chi connectivity index (χ1v) is 8.29. The fraction of sp³-hybridized carbons (Fsp3) is 0.250. The van der Waals surface area contributed by atoms with Crippen molar-refractivity contribution in [3.8, 4) is 0 Å². The lowest BCUT2D eigenvalue weighted by atomic mass is 9.73. The average molecular weight is 317 g/mol. The zero-order chi connectivity index (χ0) is 16.5. The second kappa shape index (κ2) is 4.41. The molecule has 24 heavy (non-hydrogen) atoms. The number of aromatic amines is 1. The van der Waals surface area contributed by atoms with E-state index in [-0.39, 0.29) is 17.5 Å². The van der Waals surface area contributed by atoms with E-state index < -0.39 is 0 Å². The van der Waals surface area contributed by atoms with Crippen LogP contribution in [-0.2, 0) is 10.2 Å². The molecule has 1 aromatic heterocycles. The summed E-state index contributed by atoms with van der Waals surface area (Å²) in [7, 11) is 4.02. The highest BCUT2D eigenvalue weighted by Gasteiger charge is 2.60. The second-order valence-electron chi connectivity index (χ2n) is 6.90. The number of likely N-dealkylation sites (N-methyl/N-ethyl adjacent to an activating group) is 2. The minimum atomic E-state index is -0.323. The van der Waals surface area contributed by atoms with Crippen molar-refractivity contribution in [3.05, 3.63) is 65.9 Å². The molecule has 0 unspecified atom stereocenters. The molecule has 0 aliphatic carbocycles. The van der Waals surface area contributed by atoms with Crippen LogP contribution in [0.4, 0.5) is 5.69 Å². The number of likely N-dealkylation sites (tertiary alicyclic amines) is 1. The molecule has 0 bridgehead atoms. The van der Waals surface area contributed by atoms with Gasteiger partial charge in [-0.15, -0.1) is 0 Å². The van der Waals surface area contributed by atoms with Gasteiger partial charge >= 0.3 is 0 Å². The number of rotatable bonds is 1. The number of amides is 1. The lowest BCUT2D eigenvalue weighted by Gasteiger charge is -2.34.